The summed E-state index contributed by atoms with van der Waals surface area (Å²) in [5.74, 6) is -1.26. The Kier molecular flexibility index (Phi) is 10.6. The van der Waals surface area contributed by atoms with Crippen molar-refractivity contribution in [2.75, 3.05) is 13.2 Å². The van der Waals surface area contributed by atoms with Gasteiger partial charge in [-0.25, -0.2) is 9.59 Å². The Bertz CT molecular complexity index is 1160. The summed E-state index contributed by atoms with van der Waals surface area (Å²) in [7, 11) is -2.97. The van der Waals surface area contributed by atoms with Crippen molar-refractivity contribution in [3.05, 3.63) is 109 Å². The number of rotatable bonds is 13. The first-order valence-electron chi connectivity index (χ1n) is 12.9. The van der Waals surface area contributed by atoms with E-state index in [1.54, 1.807) is 0 Å². The monoisotopic (exact) mass is 547 g/mol. The Morgan fingerprint density at radius 3 is 1.90 bits per heavy atom. The summed E-state index contributed by atoms with van der Waals surface area (Å²) < 4.78 is 18.1. The second-order valence-electron chi connectivity index (χ2n) is 10.2. The first-order chi connectivity index (χ1) is 18.7. The number of carboxylic acid groups (broad SMARTS) is 1. The molecule has 0 spiro atoms. The van der Waals surface area contributed by atoms with E-state index in [2.05, 4.69) is 56.9 Å². The quantitative estimate of drug-likeness (QED) is 0.242. The van der Waals surface area contributed by atoms with Crippen LogP contribution in [0.4, 0.5) is 4.79 Å². The zero-order valence-electron chi connectivity index (χ0n) is 22.7. The summed E-state index contributed by atoms with van der Waals surface area (Å²) in [6.07, 6.45) is -0.335. The number of nitrogens with one attached hydrogen (secondary N) is 1. The molecule has 0 saturated carbocycles. The number of carbonyl (C=O) groups excluding carboxylic acids is 1. The first kappa shape index (κ1) is 29.8. The molecule has 3 aromatic rings. The lowest BCUT2D eigenvalue weighted by Crippen LogP contribution is -2.67. The molecule has 2 N–H and O–H groups in total. The van der Waals surface area contributed by atoms with Crippen molar-refractivity contribution in [1.29, 1.82) is 0 Å². The van der Waals surface area contributed by atoms with Crippen LogP contribution in [0, 0.1) is 0 Å². The summed E-state index contributed by atoms with van der Waals surface area (Å²) in [5.41, 5.74) is 0.786. The molecule has 0 aromatic heterocycles. The maximum atomic E-state index is 12.6. The van der Waals surface area contributed by atoms with Crippen LogP contribution in [0.15, 0.2) is 104 Å². The third kappa shape index (κ3) is 7.66. The van der Waals surface area contributed by atoms with Crippen molar-refractivity contribution in [2.45, 2.75) is 44.6 Å². The molecule has 0 radical (unpaired) electrons. The molecule has 0 aliphatic rings. The number of alkyl carbamates (subject to hydrolysis) is 1. The van der Waals surface area contributed by atoms with Gasteiger partial charge < -0.3 is 24.3 Å². The van der Waals surface area contributed by atoms with Gasteiger partial charge in [-0.05, 0) is 21.0 Å². The number of amides is 1. The fraction of sp³-hybridized carbons (Fsp3) is 0.290. The van der Waals surface area contributed by atoms with Crippen LogP contribution in [-0.4, -0.2) is 50.8 Å². The van der Waals surface area contributed by atoms with Crippen LogP contribution >= 0.6 is 0 Å². The summed E-state index contributed by atoms with van der Waals surface area (Å²) in [6, 6.07) is 27.8. The topological polar surface area (TPSA) is 94.1 Å². The van der Waals surface area contributed by atoms with Gasteiger partial charge in [0.25, 0.3) is 8.32 Å². The number of benzene rings is 3. The molecule has 2 atom stereocenters. The Hall–Kier alpha value is -3.72. The highest BCUT2D eigenvalue weighted by Gasteiger charge is 2.51. The second kappa shape index (κ2) is 13.9. The lowest BCUT2D eigenvalue weighted by Gasteiger charge is -2.44. The summed E-state index contributed by atoms with van der Waals surface area (Å²) >= 11 is 0. The third-order valence-electron chi connectivity index (χ3n) is 6.43. The standard InChI is InChI=1S/C31H37NO6Si/c1-5-21-36-27(28(29(33)34)32-30(35)37-22-24-15-9-6-10-16-24)23-38-39(31(2,3)4,25-17-11-7-12-18-25)26-19-13-8-14-20-26/h5-20,27-28H,1,21-23H2,2-4H3,(H,32,35)(H,33,34)/t27?,28-/m0/s1. The van der Waals surface area contributed by atoms with Crippen LogP contribution in [0.2, 0.25) is 5.04 Å². The van der Waals surface area contributed by atoms with E-state index in [1.807, 2.05) is 66.7 Å². The highest BCUT2D eigenvalue weighted by Crippen LogP contribution is 2.37. The van der Waals surface area contributed by atoms with Gasteiger partial charge in [-0.2, -0.15) is 0 Å². The summed E-state index contributed by atoms with van der Waals surface area (Å²) in [4.78, 5) is 25.0. The molecule has 0 aliphatic heterocycles. The van der Waals surface area contributed by atoms with Crippen molar-refractivity contribution in [2.24, 2.45) is 0 Å². The van der Waals surface area contributed by atoms with E-state index in [9.17, 15) is 14.7 Å². The summed E-state index contributed by atoms with van der Waals surface area (Å²) in [5, 5.41) is 14.3. The summed E-state index contributed by atoms with van der Waals surface area (Å²) in [6.45, 7) is 10.1. The van der Waals surface area contributed by atoms with Gasteiger partial charge in [-0.1, -0.05) is 118 Å². The Labute approximate surface area is 231 Å². The van der Waals surface area contributed by atoms with Gasteiger partial charge in [0.1, 0.15) is 12.7 Å². The molecule has 206 valence electrons. The molecular weight excluding hydrogens is 510 g/mol. The maximum Gasteiger partial charge on any atom is 0.408 e. The SMILES string of the molecule is C=CCOC(CO[Si](c1ccccc1)(c1ccccc1)C(C)(C)C)[C@H](NC(=O)OCc1ccccc1)C(=O)O. The van der Waals surface area contributed by atoms with Crippen molar-refractivity contribution in [1.82, 2.24) is 5.32 Å². The molecule has 0 fully saturated rings. The van der Waals surface area contributed by atoms with Crippen LogP contribution in [0.3, 0.4) is 0 Å². The van der Waals surface area contributed by atoms with E-state index in [-0.39, 0.29) is 24.9 Å². The second-order valence-corrected chi connectivity index (χ2v) is 14.5. The number of aliphatic carboxylic acids is 1. The van der Waals surface area contributed by atoms with Gasteiger partial charge in [0.05, 0.1) is 13.2 Å². The lowest BCUT2D eigenvalue weighted by molar-refractivity contribution is -0.144. The van der Waals surface area contributed by atoms with Gasteiger partial charge in [0.15, 0.2) is 6.04 Å². The molecule has 0 heterocycles. The molecule has 1 unspecified atom stereocenters. The molecule has 3 aromatic carbocycles. The van der Waals surface area contributed by atoms with E-state index >= 15 is 0 Å². The van der Waals surface area contributed by atoms with Gasteiger partial charge >= 0.3 is 12.1 Å². The average molecular weight is 548 g/mol. The van der Waals surface area contributed by atoms with E-state index in [0.29, 0.717) is 0 Å². The molecule has 7 nitrogen and oxygen atoms in total. The molecule has 0 bridgehead atoms. The van der Waals surface area contributed by atoms with E-state index in [0.717, 1.165) is 15.9 Å². The fourth-order valence-corrected chi connectivity index (χ4v) is 9.18. The number of hydrogen-bond acceptors (Lipinski definition) is 5. The zero-order chi connectivity index (χ0) is 28.3. The van der Waals surface area contributed by atoms with Crippen LogP contribution < -0.4 is 15.7 Å². The van der Waals surface area contributed by atoms with Gasteiger partial charge in [-0.15, -0.1) is 6.58 Å². The van der Waals surface area contributed by atoms with Crippen LogP contribution in [0.25, 0.3) is 0 Å². The number of ether oxygens (including phenoxy) is 2. The molecule has 1 amide bonds. The minimum atomic E-state index is -2.97. The fourth-order valence-electron chi connectivity index (χ4n) is 4.61. The van der Waals surface area contributed by atoms with Crippen LogP contribution in [-0.2, 0) is 25.3 Å². The van der Waals surface area contributed by atoms with E-state index < -0.39 is 32.5 Å². The lowest BCUT2D eigenvalue weighted by atomic mass is 10.1. The minimum Gasteiger partial charge on any atom is -0.480 e. The van der Waals surface area contributed by atoms with Crippen molar-refractivity contribution < 1.29 is 28.6 Å². The Balaban J connectivity index is 1.90. The smallest absolute Gasteiger partial charge is 0.408 e. The molecular formula is C31H37NO6Si. The largest absolute Gasteiger partial charge is 0.480 e. The van der Waals surface area contributed by atoms with Gasteiger partial charge in [-0.3, -0.25) is 0 Å². The molecule has 3 rings (SSSR count). The van der Waals surface area contributed by atoms with E-state index in [1.165, 1.54) is 6.08 Å². The van der Waals surface area contributed by atoms with E-state index in [4.69, 9.17) is 13.9 Å². The molecule has 0 saturated heterocycles. The minimum absolute atomic E-state index is 0.00968. The third-order valence-corrected chi connectivity index (χ3v) is 11.4. The number of carbonyl (C=O) groups is 2. The Morgan fingerprint density at radius 2 is 1.44 bits per heavy atom. The average Bonchev–Trinajstić information content (AvgIpc) is 2.93. The van der Waals surface area contributed by atoms with Crippen LogP contribution in [0.1, 0.15) is 26.3 Å². The molecule has 0 aliphatic carbocycles. The van der Waals surface area contributed by atoms with Crippen molar-refractivity contribution >= 4 is 30.8 Å². The highest BCUT2D eigenvalue weighted by molar-refractivity contribution is 6.99. The van der Waals surface area contributed by atoms with Crippen molar-refractivity contribution in [3.63, 3.8) is 0 Å². The van der Waals surface area contributed by atoms with Crippen molar-refractivity contribution in [3.8, 4) is 0 Å². The highest BCUT2D eigenvalue weighted by atomic mass is 28.4. The molecule has 39 heavy (non-hydrogen) atoms. The van der Waals surface area contributed by atoms with Gasteiger partial charge in [0.2, 0.25) is 0 Å². The molecule has 8 heteroatoms. The predicted molar refractivity (Wildman–Crippen MR) is 155 cm³/mol. The normalized spacial score (nSPS) is 13.2. The number of carboxylic acids is 1. The zero-order valence-corrected chi connectivity index (χ0v) is 23.7. The Morgan fingerprint density at radius 1 is 0.923 bits per heavy atom. The first-order valence-corrected chi connectivity index (χ1v) is 14.8. The maximum absolute atomic E-state index is 12.6. The van der Waals surface area contributed by atoms with Crippen LogP contribution in [0.5, 0.6) is 0 Å². The van der Waals surface area contributed by atoms with Gasteiger partial charge in [0, 0.05) is 0 Å². The number of hydrogen-bond donors (Lipinski definition) is 2. The predicted octanol–water partition coefficient (Wildman–Crippen LogP) is 4.51.